The van der Waals surface area contributed by atoms with E-state index in [1.54, 1.807) is 6.08 Å². The van der Waals surface area contributed by atoms with Crippen molar-refractivity contribution >= 4 is 0 Å². The van der Waals surface area contributed by atoms with E-state index in [-0.39, 0.29) is 6.04 Å². The SMILES string of the molecule is C=CCNC(C)CC#N. The molecular weight excluding hydrogens is 112 g/mol. The summed E-state index contributed by atoms with van der Waals surface area (Å²) in [6.07, 6.45) is 2.35. The zero-order valence-corrected chi connectivity index (χ0v) is 5.72. The summed E-state index contributed by atoms with van der Waals surface area (Å²) in [6, 6.07) is 2.36. The molecule has 0 saturated carbocycles. The highest BCUT2D eigenvalue weighted by Crippen LogP contribution is 1.85. The molecule has 0 bridgehead atoms. The summed E-state index contributed by atoms with van der Waals surface area (Å²) in [7, 11) is 0. The van der Waals surface area contributed by atoms with Gasteiger partial charge in [-0.1, -0.05) is 6.08 Å². The average molecular weight is 124 g/mol. The average Bonchev–Trinajstić information content (AvgIpc) is 1.85. The highest BCUT2D eigenvalue weighted by Gasteiger charge is 1.95. The predicted octanol–water partition coefficient (Wildman–Crippen LogP) is 1.06. The molecule has 1 N–H and O–H groups in total. The van der Waals surface area contributed by atoms with Crippen LogP contribution in [-0.4, -0.2) is 12.6 Å². The molecule has 0 fully saturated rings. The van der Waals surface area contributed by atoms with Gasteiger partial charge in [0.1, 0.15) is 0 Å². The first-order valence-corrected chi connectivity index (χ1v) is 3.02. The zero-order chi connectivity index (χ0) is 7.11. The fourth-order valence-corrected chi connectivity index (χ4v) is 0.494. The fraction of sp³-hybridized carbons (Fsp3) is 0.571. The molecule has 0 heterocycles. The van der Waals surface area contributed by atoms with E-state index in [1.807, 2.05) is 6.92 Å². The van der Waals surface area contributed by atoms with Crippen molar-refractivity contribution in [3.05, 3.63) is 12.7 Å². The first-order chi connectivity index (χ1) is 4.31. The van der Waals surface area contributed by atoms with Crippen molar-refractivity contribution in [2.75, 3.05) is 6.54 Å². The molecule has 0 aliphatic carbocycles. The van der Waals surface area contributed by atoms with Crippen molar-refractivity contribution in [3.8, 4) is 6.07 Å². The lowest BCUT2D eigenvalue weighted by molar-refractivity contribution is 0.595. The van der Waals surface area contributed by atoms with Gasteiger partial charge >= 0.3 is 0 Å². The summed E-state index contributed by atoms with van der Waals surface area (Å²) in [5, 5.41) is 11.3. The topological polar surface area (TPSA) is 35.8 Å². The molecule has 2 nitrogen and oxygen atoms in total. The molecule has 2 heteroatoms. The number of hydrogen-bond acceptors (Lipinski definition) is 2. The van der Waals surface area contributed by atoms with Crippen LogP contribution in [0, 0.1) is 11.3 Å². The van der Waals surface area contributed by atoms with E-state index in [2.05, 4.69) is 18.0 Å². The number of rotatable bonds is 4. The first-order valence-electron chi connectivity index (χ1n) is 3.02. The van der Waals surface area contributed by atoms with Crippen molar-refractivity contribution in [1.82, 2.24) is 5.32 Å². The minimum absolute atomic E-state index is 0.285. The summed E-state index contributed by atoms with van der Waals surface area (Å²) in [4.78, 5) is 0. The van der Waals surface area contributed by atoms with Gasteiger partial charge in [-0.25, -0.2) is 0 Å². The lowest BCUT2D eigenvalue weighted by atomic mass is 10.2. The van der Waals surface area contributed by atoms with Crippen LogP contribution >= 0.6 is 0 Å². The lowest BCUT2D eigenvalue weighted by Gasteiger charge is -2.05. The van der Waals surface area contributed by atoms with Crippen molar-refractivity contribution in [1.29, 1.82) is 5.26 Å². The standard InChI is InChI=1S/C7H12N2/c1-3-6-9-7(2)4-5-8/h3,7,9H,1,4,6H2,2H3. The second kappa shape index (κ2) is 5.33. The molecule has 0 aliphatic rings. The Morgan fingerprint density at radius 3 is 3.00 bits per heavy atom. The molecule has 0 amide bonds. The number of nitrogens with one attached hydrogen (secondary N) is 1. The van der Waals surface area contributed by atoms with Gasteiger partial charge in [-0.15, -0.1) is 6.58 Å². The second-order valence-corrected chi connectivity index (χ2v) is 1.96. The second-order valence-electron chi connectivity index (χ2n) is 1.96. The van der Waals surface area contributed by atoms with Gasteiger partial charge in [-0.2, -0.15) is 5.26 Å². The molecule has 0 aromatic heterocycles. The van der Waals surface area contributed by atoms with E-state index in [9.17, 15) is 0 Å². The smallest absolute Gasteiger partial charge is 0.0638 e. The van der Waals surface area contributed by atoms with Crippen molar-refractivity contribution in [3.63, 3.8) is 0 Å². The van der Waals surface area contributed by atoms with Crippen LogP contribution in [0.1, 0.15) is 13.3 Å². The van der Waals surface area contributed by atoms with Gasteiger partial charge in [0.25, 0.3) is 0 Å². The van der Waals surface area contributed by atoms with E-state index in [1.165, 1.54) is 0 Å². The van der Waals surface area contributed by atoms with Gasteiger partial charge in [0.15, 0.2) is 0 Å². The highest BCUT2D eigenvalue weighted by atomic mass is 14.9. The molecule has 0 rings (SSSR count). The Morgan fingerprint density at radius 2 is 2.56 bits per heavy atom. The van der Waals surface area contributed by atoms with E-state index in [4.69, 9.17) is 5.26 Å². The number of nitrogens with zero attached hydrogens (tertiary/aromatic N) is 1. The molecule has 0 aliphatic heterocycles. The van der Waals surface area contributed by atoms with Gasteiger partial charge in [0, 0.05) is 12.6 Å². The van der Waals surface area contributed by atoms with E-state index < -0.39 is 0 Å². The zero-order valence-electron chi connectivity index (χ0n) is 5.72. The van der Waals surface area contributed by atoms with Crippen LogP contribution in [0.15, 0.2) is 12.7 Å². The maximum atomic E-state index is 8.22. The Balaban J connectivity index is 3.17. The Bertz CT molecular complexity index is 113. The molecule has 9 heavy (non-hydrogen) atoms. The molecule has 0 radical (unpaired) electrons. The normalized spacial score (nSPS) is 12.0. The van der Waals surface area contributed by atoms with Crippen LogP contribution in [-0.2, 0) is 0 Å². The highest BCUT2D eigenvalue weighted by molar-refractivity contribution is 4.80. The number of nitriles is 1. The molecule has 1 unspecified atom stereocenters. The van der Waals surface area contributed by atoms with Crippen LogP contribution in [0.2, 0.25) is 0 Å². The third kappa shape index (κ3) is 5.05. The van der Waals surface area contributed by atoms with Gasteiger partial charge < -0.3 is 5.32 Å². The third-order valence-corrected chi connectivity index (χ3v) is 1.01. The van der Waals surface area contributed by atoms with Gasteiger partial charge in [-0.05, 0) is 6.92 Å². The van der Waals surface area contributed by atoms with Crippen LogP contribution < -0.4 is 5.32 Å². The summed E-state index contributed by atoms with van der Waals surface area (Å²) < 4.78 is 0. The summed E-state index contributed by atoms with van der Waals surface area (Å²) in [5.74, 6) is 0. The summed E-state index contributed by atoms with van der Waals surface area (Å²) >= 11 is 0. The van der Waals surface area contributed by atoms with Gasteiger partial charge in [-0.3, -0.25) is 0 Å². The molecule has 50 valence electrons. The predicted molar refractivity (Wildman–Crippen MR) is 37.9 cm³/mol. The van der Waals surface area contributed by atoms with Crippen LogP contribution in [0.25, 0.3) is 0 Å². The largest absolute Gasteiger partial charge is 0.310 e. The third-order valence-electron chi connectivity index (χ3n) is 1.01. The maximum absolute atomic E-state index is 8.22. The minimum Gasteiger partial charge on any atom is -0.310 e. The Kier molecular flexibility index (Phi) is 4.85. The van der Waals surface area contributed by atoms with Crippen LogP contribution in [0.4, 0.5) is 0 Å². The van der Waals surface area contributed by atoms with Gasteiger partial charge in [0.2, 0.25) is 0 Å². The minimum atomic E-state index is 0.285. The maximum Gasteiger partial charge on any atom is 0.0638 e. The lowest BCUT2D eigenvalue weighted by Crippen LogP contribution is -2.25. The summed E-state index contributed by atoms with van der Waals surface area (Å²) in [5.41, 5.74) is 0. The van der Waals surface area contributed by atoms with Crippen molar-refractivity contribution in [2.45, 2.75) is 19.4 Å². The van der Waals surface area contributed by atoms with E-state index in [0.29, 0.717) is 6.42 Å². The van der Waals surface area contributed by atoms with Crippen molar-refractivity contribution in [2.24, 2.45) is 0 Å². The number of hydrogen-bond donors (Lipinski definition) is 1. The molecule has 0 aromatic carbocycles. The monoisotopic (exact) mass is 124 g/mol. The molecular formula is C7H12N2. The first kappa shape index (κ1) is 8.19. The quantitative estimate of drug-likeness (QED) is 0.569. The fourth-order valence-electron chi connectivity index (χ4n) is 0.494. The van der Waals surface area contributed by atoms with E-state index in [0.717, 1.165) is 6.54 Å². The van der Waals surface area contributed by atoms with Crippen molar-refractivity contribution < 1.29 is 0 Å². The Labute approximate surface area is 56.2 Å². The molecule has 0 spiro atoms. The summed E-state index contributed by atoms with van der Waals surface area (Å²) in [6.45, 7) is 6.31. The van der Waals surface area contributed by atoms with Crippen LogP contribution in [0.5, 0.6) is 0 Å². The molecule has 1 atom stereocenters. The Hall–Kier alpha value is -0.810. The molecule has 0 saturated heterocycles. The molecule has 0 aromatic rings. The van der Waals surface area contributed by atoms with E-state index >= 15 is 0 Å². The van der Waals surface area contributed by atoms with Gasteiger partial charge in [0.05, 0.1) is 12.5 Å². The Morgan fingerprint density at radius 1 is 1.89 bits per heavy atom. The van der Waals surface area contributed by atoms with Crippen LogP contribution in [0.3, 0.4) is 0 Å².